The van der Waals surface area contributed by atoms with Gasteiger partial charge in [-0.15, -0.1) is 11.3 Å². The second kappa shape index (κ2) is 11.3. The van der Waals surface area contributed by atoms with Gasteiger partial charge in [-0.05, 0) is 37.2 Å². The Bertz CT molecular complexity index is 1120. The summed E-state index contributed by atoms with van der Waals surface area (Å²) in [7, 11) is 3.04. The number of thiophene rings is 1. The summed E-state index contributed by atoms with van der Waals surface area (Å²) in [6.07, 6.45) is -7.19. The number of hydrogen-bond acceptors (Lipinski definition) is 10. The van der Waals surface area contributed by atoms with Gasteiger partial charge in [0.2, 0.25) is 6.29 Å². The maximum Gasteiger partial charge on any atom is 0.337 e. The van der Waals surface area contributed by atoms with Gasteiger partial charge in [-0.2, -0.15) is 0 Å². The SMILES string of the molecule is CNCC[C@H](Oc1ccc(O[C@@H]2O[C@H](C(=O)OC)[C@@H](O)[C@H](O)[C@H]2O)c2ccccc12)c1cccs1. The van der Waals surface area contributed by atoms with Crippen molar-refractivity contribution in [2.45, 2.75) is 43.2 Å². The van der Waals surface area contributed by atoms with E-state index in [9.17, 15) is 20.1 Å². The molecule has 0 bridgehead atoms. The number of aliphatic hydroxyl groups excluding tert-OH is 3. The molecule has 1 saturated heterocycles. The number of carbonyl (C=O) groups excluding carboxylic acids is 1. The molecule has 0 saturated carbocycles. The Kier molecular flexibility index (Phi) is 8.22. The van der Waals surface area contributed by atoms with Gasteiger partial charge in [0.15, 0.2) is 6.10 Å². The van der Waals surface area contributed by atoms with Crippen LogP contribution < -0.4 is 14.8 Å². The van der Waals surface area contributed by atoms with Crippen LogP contribution in [-0.2, 0) is 14.3 Å². The highest BCUT2D eigenvalue weighted by molar-refractivity contribution is 7.10. The van der Waals surface area contributed by atoms with Gasteiger partial charge in [0.05, 0.1) is 7.11 Å². The topological polar surface area (TPSA) is 127 Å². The van der Waals surface area contributed by atoms with Gasteiger partial charge in [-0.25, -0.2) is 4.79 Å². The van der Waals surface area contributed by atoms with E-state index in [1.165, 1.54) is 0 Å². The summed E-state index contributed by atoms with van der Waals surface area (Å²) in [5.74, 6) is 0.134. The van der Waals surface area contributed by atoms with Crippen molar-refractivity contribution in [1.82, 2.24) is 5.32 Å². The zero-order valence-corrected chi connectivity index (χ0v) is 20.2. The molecule has 1 aliphatic heterocycles. The summed E-state index contributed by atoms with van der Waals surface area (Å²) in [4.78, 5) is 13.1. The van der Waals surface area contributed by atoms with E-state index in [-0.39, 0.29) is 6.10 Å². The van der Waals surface area contributed by atoms with Crippen LogP contribution >= 0.6 is 11.3 Å². The van der Waals surface area contributed by atoms with Crippen molar-refractivity contribution < 1.29 is 39.1 Å². The Labute approximate surface area is 206 Å². The van der Waals surface area contributed by atoms with Crippen molar-refractivity contribution >= 4 is 28.1 Å². The Morgan fingerprint density at radius 3 is 2.40 bits per heavy atom. The number of methoxy groups -OCH3 is 1. The zero-order valence-electron chi connectivity index (χ0n) is 19.4. The lowest BCUT2D eigenvalue weighted by Gasteiger charge is -2.39. The first-order chi connectivity index (χ1) is 16.9. The van der Waals surface area contributed by atoms with E-state index in [0.29, 0.717) is 16.9 Å². The molecule has 4 rings (SSSR count). The molecule has 0 radical (unpaired) electrons. The normalized spacial score (nSPS) is 25.2. The molecule has 4 N–H and O–H groups in total. The molecule has 0 aliphatic carbocycles. The third-order valence-corrected chi connectivity index (χ3v) is 6.84. The van der Waals surface area contributed by atoms with Crippen LogP contribution in [-0.4, -0.2) is 72.7 Å². The summed E-state index contributed by atoms with van der Waals surface area (Å²) in [6.45, 7) is 0.786. The molecule has 1 aromatic heterocycles. The lowest BCUT2D eigenvalue weighted by Crippen LogP contribution is -2.61. The maximum absolute atomic E-state index is 12.0. The molecule has 0 unspecified atom stereocenters. The average Bonchev–Trinajstić information content (AvgIpc) is 3.42. The lowest BCUT2D eigenvalue weighted by molar-refractivity contribution is -0.271. The molecule has 1 fully saturated rings. The van der Waals surface area contributed by atoms with Crippen molar-refractivity contribution in [1.29, 1.82) is 0 Å². The largest absolute Gasteiger partial charge is 0.484 e. The van der Waals surface area contributed by atoms with Crippen LogP contribution in [0.5, 0.6) is 11.5 Å². The molecule has 35 heavy (non-hydrogen) atoms. The molecule has 0 spiro atoms. The fraction of sp³-hybridized carbons (Fsp3) is 0.400. The Morgan fingerprint density at radius 2 is 1.74 bits per heavy atom. The second-order valence-electron chi connectivity index (χ2n) is 8.16. The minimum atomic E-state index is -1.66. The number of benzene rings is 2. The first kappa shape index (κ1) is 25.4. The summed E-state index contributed by atoms with van der Waals surface area (Å²) in [5.41, 5.74) is 0. The van der Waals surface area contributed by atoms with E-state index in [0.717, 1.165) is 30.3 Å². The molecule has 3 aromatic rings. The number of carbonyl (C=O) groups is 1. The summed E-state index contributed by atoms with van der Waals surface area (Å²) >= 11 is 1.63. The zero-order chi connectivity index (χ0) is 24.9. The standard InChI is InChI=1S/C25H29NO8S/c1-26-12-11-18(19-8-5-13-35-19)32-16-9-10-17(15-7-4-3-6-14(15)16)33-25-22(29)20(27)21(28)23(34-25)24(30)31-2/h3-10,13,18,20-23,25-29H,11-12H2,1-2H3/t18-,20-,21-,22+,23-,25+/m0/s1. The van der Waals surface area contributed by atoms with Gasteiger partial charge in [-0.3, -0.25) is 0 Å². The maximum atomic E-state index is 12.0. The Hall–Kier alpha value is -2.73. The fourth-order valence-electron chi connectivity index (χ4n) is 3.99. The molecular weight excluding hydrogens is 474 g/mol. The third kappa shape index (κ3) is 5.43. The smallest absolute Gasteiger partial charge is 0.337 e. The number of fused-ring (bicyclic) bond motifs is 1. The lowest BCUT2D eigenvalue weighted by atomic mass is 9.99. The fourth-order valence-corrected chi connectivity index (χ4v) is 4.78. The number of rotatable bonds is 9. The van der Waals surface area contributed by atoms with E-state index in [4.69, 9.17) is 14.2 Å². The van der Waals surface area contributed by atoms with Crippen LogP contribution in [0.1, 0.15) is 17.4 Å². The predicted octanol–water partition coefficient (Wildman–Crippen LogP) is 1.99. The highest BCUT2D eigenvalue weighted by atomic mass is 32.1. The minimum Gasteiger partial charge on any atom is -0.484 e. The van der Waals surface area contributed by atoms with E-state index in [1.807, 2.05) is 48.8 Å². The highest BCUT2D eigenvalue weighted by Gasteiger charge is 2.48. The summed E-state index contributed by atoms with van der Waals surface area (Å²) < 4.78 is 22.5. The van der Waals surface area contributed by atoms with Crippen LogP contribution in [0.25, 0.3) is 10.8 Å². The Balaban J connectivity index is 1.62. The minimum absolute atomic E-state index is 0.140. The van der Waals surface area contributed by atoms with Gasteiger partial charge in [0, 0.05) is 22.1 Å². The molecule has 9 nitrogen and oxygen atoms in total. The number of nitrogens with one attached hydrogen (secondary N) is 1. The molecule has 10 heteroatoms. The quantitative estimate of drug-likeness (QED) is 0.324. The first-order valence-corrected chi connectivity index (χ1v) is 12.1. The van der Waals surface area contributed by atoms with Crippen LogP contribution in [0.2, 0.25) is 0 Å². The first-order valence-electron chi connectivity index (χ1n) is 11.2. The number of ether oxygens (including phenoxy) is 4. The predicted molar refractivity (Wildman–Crippen MR) is 130 cm³/mol. The van der Waals surface area contributed by atoms with Gasteiger partial charge in [0.1, 0.15) is 35.9 Å². The van der Waals surface area contributed by atoms with Crippen molar-refractivity contribution in [3.8, 4) is 11.5 Å². The van der Waals surface area contributed by atoms with Gasteiger partial charge >= 0.3 is 5.97 Å². The van der Waals surface area contributed by atoms with E-state index in [1.54, 1.807) is 23.5 Å². The van der Waals surface area contributed by atoms with Gasteiger partial charge in [-0.1, -0.05) is 30.3 Å². The monoisotopic (exact) mass is 503 g/mol. The summed E-state index contributed by atoms with van der Waals surface area (Å²) in [5, 5.41) is 37.4. The average molecular weight is 504 g/mol. The summed E-state index contributed by atoms with van der Waals surface area (Å²) in [6, 6.07) is 14.9. The van der Waals surface area contributed by atoms with Crippen LogP contribution in [0, 0.1) is 0 Å². The van der Waals surface area contributed by atoms with Crippen LogP contribution in [0.3, 0.4) is 0 Å². The molecule has 0 amide bonds. The highest BCUT2D eigenvalue weighted by Crippen LogP contribution is 2.38. The number of aliphatic hydroxyl groups is 3. The van der Waals surface area contributed by atoms with Gasteiger partial charge < -0.3 is 39.6 Å². The number of hydrogen-bond donors (Lipinski definition) is 4. The molecule has 2 aromatic carbocycles. The van der Waals surface area contributed by atoms with Crippen molar-refractivity contribution in [2.24, 2.45) is 0 Å². The molecule has 188 valence electrons. The molecular formula is C25H29NO8S. The molecule has 2 heterocycles. The van der Waals surface area contributed by atoms with Crippen LogP contribution in [0.4, 0.5) is 0 Å². The van der Waals surface area contributed by atoms with E-state index in [2.05, 4.69) is 10.1 Å². The third-order valence-electron chi connectivity index (χ3n) is 5.88. The van der Waals surface area contributed by atoms with Crippen LogP contribution in [0.15, 0.2) is 53.9 Å². The second-order valence-corrected chi connectivity index (χ2v) is 9.14. The Morgan fingerprint density at radius 1 is 1.03 bits per heavy atom. The molecule has 6 atom stereocenters. The van der Waals surface area contributed by atoms with Crippen molar-refractivity contribution in [3.05, 3.63) is 58.8 Å². The van der Waals surface area contributed by atoms with Crippen molar-refractivity contribution in [2.75, 3.05) is 20.7 Å². The number of esters is 1. The van der Waals surface area contributed by atoms with E-state index < -0.39 is 36.7 Å². The molecule has 1 aliphatic rings. The van der Waals surface area contributed by atoms with E-state index >= 15 is 0 Å². The van der Waals surface area contributed by atoms with Gasteiger partial charge in [0.25, 0.3) is 0 Å². The van der Waals surface area contributed by atoms with Crippen molar-refractivity contribution in [3.63, 3.8) is 0 Å².